The Morgan fingerprint density at radius 1 is 0.919 bits per heavy atom. The number of nitrogens with one attached hydrogen (secondary N) is 2. The Morgan fingerprint density at radius 2 is 1.65 bits per heavy atom. The molecular weight excluding hydrogens is 468 g/mol. The minimum absolute atomic E-state index is 0.0419. The fourth-order valence-electron chi connectivity index (χ4n) is 3.78. The second-order valence-corrected chi connectivity index (χ2v) is 8.41. The molecule has 0 spiro atoms. The molecule has 0 unspecified atom stereocenters. The highest BCUT2D eigenvalue weighted by Crippen LogP contribution is 2.24. The smallest absolute Gasteiger partial charge is 0.275 e. The van der Waals surface area contributed by atoms with E-state index in [4.69, 9.17) is 9.47 Å². The van der Waals surface area contributed by atoms with Crippen molar-refractivity contribution in [1.29, 1.82) is 0 Å². The highest BCUT2D eigenvalue weighted by Gasteiger charge is 2.13. The van der Waals surface area contributed by atoms with Crippen LogP contribution in [0.3, 0.4) is 0 Å². The molecule has 0 bridgehead atoms. The van der Waals surface area contributed by atoms with Crippen molar-refractivity contribution >= 4 is 23.2 Å². The van der Waals surface area contributed by atoms with Gasteiger partial charge in [0.15, 0.2) is 0 Å². The number of hydrogen-bond donors (Lipinski definition) is 2. The number of aryl methyl sites for hydroxylation is 1. The first-order valence-electron chi connectivity index (χ1n) is 12.1. The molecule has 0 aliphatic heterocycles. The summed E-state index contributed by atoms with van der Waals surface area (Å²) in [5, 5.41) is 5.79. The minimum atomic E-state index is -0.307. The van der Waals surface area contributed by atoms with Gasteiger partial charge in [-0.05, 0) is 60.9 Å². The number of anilines is 2. The van der Waals surface area contributed by atoms with Gasteiger partial charge in [-0.15, -0.1) is 0 Å². The predicted octanol–water partition coefficient (Wildman–Crippen LogP) is 5.16. The molecule has 0 aliphatic carbocycles. The molecule has 1 aromatic heterocycles. The first-order chi connectivity index (χ1) is 18.0. The topological polar surface area (TPSA) is 94.5 Å². The lowest BCUT2D eigenvalue weighted by molar-refractivity contribution is -0.116. The van der Waals surface area contributed by atoms with E-state index in [0.717, 1.165) is 22.6 Å². The Morgan fingerprint density at radius 3 is 2.38 bits per heavy atom. The maximum absolute atomic E-state index is 12.7. The van der Waals surface area contributed by atoms with Crippen LogP contribution < -0.4 is 20.1 Å². The van der Waals surface area contributed by atoms with Crippen molar-refractivity contribution in [2.24, 2.45) is 0 Å². The van der Waals surface area contributed by atoms with Gasteiger partial charge in [-0.3, -0.25) is 9.59 Å². The summed E-state index contributed by atoms with van der Waals surface area (Å²) < 4.78 is 12.6. The maximum atomic E-state index is 12.7. The highest BCUT2D eigenvalue weighted by atomic mass is 16.5. The van der Waals surface area contributed by atoms with E-state index in [0.29, 0.717) is 43.1 Å². The van der Waals surface area contributed by atoms with Crippen molar-refractivity contribution in [3.63, 3.8) is 0 Å². The summed E-state index contributed by atoms with van der Waals surface area (Å²) in [6.45, 7) is 2.94. The number of carbonyl (C=O) groups is 2. The molecule has 0 fully saturated rings. The molecule has 0 radical (unpaired) electrons. The summed E-state index contributed by atoms with van der Waals surface area (Å²) in [4.78, 5) is 29.3. The normalized spacial score (nSPS) is 10.5. The molecule has 8 heteroatoms. The Hall–Kier alpha value is -4.59. The standard InChI is InChI=1S/C29H30N4O4/c1-3-37-27-7-5-4-6-25(27)32-29(35)26-19-33(20-30-26)18-22-8-13-23(14-9-22)31-28(34)17-12-21-10-15-24(36-2)16-11-21/h4-11,13-16,19-20H,3,12,17-18H2,1-2H3,(H,31,34)(H,32,35). The summed E-state index contributed by atoms with van der Waals surface area (Å²) in [5.41, 5.74) is 3.75. The summed E-state index contributed by atoms with van der Waals surface area (Å²) in [6, 6.07) is 22.6. The van der Waals surface area contributed by atoms with Gasteiger partial charge in [0.05, 0.1) is 25.7 Å². The van der Waals surface area contributed by atoms with Gasteiger partial charge in [0.25, 0.3) is 5.91 Å². The van der Waals surface area contributed by atoms with Crippen LogP contribution in [0.15, 0.2) is 85.3 Å². The lowest BCUT2D eigenvalue weighted by atomic mass is 10.1. The molecule has 0 saturated heterocycles. The summed E-state index contributed by atoms with van der Waals surface area (Å²) >= 11 is 0. The molecule has 37 heavy (non-hydrogen) atoms. The molecule has 0 saturated carbocycles. The average Bonchev–Trinajstić information content (AvgIpc) is 3.39. The number of hydrogen-bond acceptors (Lipinski definition) is 5. The van der Waals surface area contributed by atoms with E-state index in [1.165, 1.54) is 0 Å². The largest absolute Gasteiger partial charge is 0.497 e. The number of aromatic nitrogens is 2. The first kappa shape index (κ1) is 25.5. The number of carbonyl (C=O) groups excluding carboxylic acids is 2. The van der Waals surface area contributed by atoms with Crippen LogP contribution in [0.5, 0.6) is 11.5 Å². The molecular formula is C29H30N4O4. The number of rotatable bonds is 11. The third-order valence-electron chi connectivity index (χ3n) is 5.70. The number of amides is 2. The van der Waals surface area contributed by atoms with Crippen molar-refractivity contribution in [1.82, 2.24) is 9.55 Å². The second kappa shape index (κ2) is 12.4. The molecule has 0 atom stereocenters. The Bertz CT molecular complexity index is 1330. The number of imidazole rings is 1. The summed E-state index contributed by atoms with van der Waals surface area (Å²) in [6.07, 6.45) is 4.37. The zero-order valence-electron chi connectivity index (χ0n) is 20.9. The third kappa shape index (κ3) is 7.20. The fourth-order valence-corrected chi connectivity index (χ4v) is 3.78. The van der Waals surface area contributed by atoms with E-state index in [1.807, 2.05) is 78.2 Å². The van der Waals surface area contributed by atoms with Crippen LogP contribution in [-0.4, -0.2) is 35.1 Å². The molecule has 1 heterocycles. The highest BCUT2D eigenvalue weighted by molar-refractivity contribution is 6.03. The van der Waals surface area contributed by atoms with E-state index >= 15 is 0 Å². The Kier molecular flexibility index (Phi) is 8.54. The van der Waals surface area contributed by atoms with Crippen molar-refractivity contribution in [3.05, 3.63) is 102 Å². The van der Waals surface area contributed by atoms with Gasteiger partial charge in [-0.25, -0.2) is 4.98 Å². The van der Waals surface area contributed by atoms with Crippen LogP contribution in [0.4, 0.5) is 11.4 Å². The van der Waals surface area contributed by atoms with E-state index in [2.05, 4.69) is 15.6 Å². The first-order valence-corrected chi connectivity index (χ1v) is 12.1. The monoisotopic (exact) mass is 498 g/mol. The van der Waals surface area contributed by atoms with Gasteiger partial charge in [-0.2, -0.15) is 0 Å². The number of methoxy groups -OCH3 is 1. The molecule has 4 aromatic rings. The van der Waals surface area contributed by atoms with Crippen LogP contribution in [0.25, 0.3) is 0 Å². The van der Waals surface area contributed by atoms with Gasteiger partial charge in [0.1, 0.15) is 17.2 Å². The Labute approximate surface area is 216 Å². The van der Waals surface area contributed by atoms with E-state index in [-0.39, 0.29) is 11.8 Å². The number of nitrogens with zero attached hydrogens (tertiary/aromatic N) is 2. The van der Waals surface area contributed by atoms with Crippen molar-refractivity contribution in [2.75, 3.05) is 24.4 Å². The lowest BCUT2D eigenvalue weighted by Gasteiger charge is -2.10. The van der Waals surface area contributed by atoms with Crippen LogP contribution in [0.2, 0.25) is 0 Å². The molecule has 2 amide bonds. The summed E-state index contributed by atoms with van der Waals surface area (Å²) in [7, 11) is 1.63. The zero-order valence-corrected chi connectivity index (χ0v) is 20.9. The molecule has 190 valence electrons. The second-order valence-electron chi connectivity index (χ2n) is 8.41. The van der Waals surface area contributed by atoms with Gasteiger partial charge >= 0.3 is 0 Å². The van der Waals surface area contributed by atoms with Crippen molar-refractivity contribution in [2.45, 2.75) is 26.3 Å². The molecule has 2 N–H and O–H groups in total. The van der Waals surface area contributed by atoms with E-state index in [1.54, 1.807) is 25.7 Å². The van der Waals surface area contributed by atoms with E-state index < -0.39 is 0 Å². The average molecular weight is 499 g/mol. The van der Waals surface area contributed by atoms with Gasteiger partial charge in [-0.1, -0.05) is 36.4 Å². The predicted molar refractivity (Wildman–Crippen MR) is 143 cm³/mol. The molecule has 4 rings (SSSR count). The number of para-hydroxylation sites is 2. The third-order valence-corrected chi connectivity index (χ3v) is 5.70. The quantitative estimate of drug-likeness (QED) is 0.298. The summed E-state index contributed by atoms with van der Waals surface area (Å²) in [5.74, 6) is 1.07. The van der Waals surface area contributed by atoms with E-state index in [9.17, 15) is 9.59 Å². The van der Waals surface area contributed by atoms with Crippen molar-refractivity contribution in [3.8, 4) is 11.5 Å². The van der Waals surface area contributed by atoms with Crippen LogP contribution >= 0.6 is 0 Å². The number of ether oxygens (including phenoxy) is 2. The Balaban J connectivity index is 1.28. The van der Waals surface area contributed by atoms with Crippen LogP contribution in [0.1, 0.15) is 35.0 Å². The van der Waals surface area contributed by atoms with Gasteiger partial charge < -0.3 is 24.7 Å². The van der Waals surface area contributed by atoms with Gasteiger partial charge in [0, 0.05) is 24.8 Å². The lowest BCUT2D eigenvalue weighted by Crippen LogP contribution is -2.13. The maximum Gasteiger partial charge on any atom is 0.275 e. The zero-order chi connectivity index (χ0) is 26.0. The molecule has 0 aliphatic rings. The fraction of sp³-hybridized carbons (Fsp3) is 0.207. The van der Waals surface area contributed by atoms with Gasteiger partial charge in [0.2, 0.25) is 5.91 Å². The minimum Gasteiger partial charge on any atom is -0.497 e. The van der Waals surface area contributed by atoms with Crippen LogP contribution in [-0.2, 0) is 17.8 Å². The number of benzene rings is 3. The molecule has 8 nitrogen and oxygen atoms in total. The molecule has 3 aromatic carbocycles. The SMILES string of the molecule is CCOc1ccccc1NC(=O)c1cn(Cc2ccc(NC(=O)CCc3ccc(OC)cc3)cc2)cn1. The van der Waals surface area contributed by atoms with Crippen LogP contribution in [0, 0.1) is 0 Å². The van der Waals surface area contributed by atoms with Crippen molar-refractivity contribution < 1.29 is 19.1 Å².